The Labute approximate surface area is 148 Å². The lowest BCUT2D eigenvalue weighted by molar-refractivity contribution is -0.188. The van der Waals surface area contributed by atoms with Crippen molar-refractivity contribution in [3.8, 4) is 17.0 Å². The van der Waals surface area contributed by atoms with Crippen LogP contribution in [-0.2, 0) is 15.8 Å². The normalized spacial score (nSPS) is 27.2. The summed E-state index contributed by atoms with van der Waals surface area (Å²) in [5.74, 6) is 0.0286. The van der Waals surface area contributed by atoms with E-state index in [0.717, 1.165) is 0 Å². The first-order chi connectivity index (χ1) is 12.2. The van der Waals surface area contributed by atoms with Crippen LogP contribution < -0.4 is 4.74 Å². The van der Waals surface area contributed by atoms with Gasteiger partial charge in [-0.1, -0.05) is 13.8 Å². The fourth-order valence-electron chi connectivity index (χ4n) is 3.27. The number of fused-ring (bicyclic) bond motifs is 1. The second-order valence-corrected chi connectivity index (χ2v) is 7.06. The van der Waals surface area contributed by atoms with Crippen LogP contribution in [-0.4, -0.2) is 24.4 Å². The summed E-state index contributed by atoms with van der Waals surface area (Å²) >= 11 is 0. The summed E-state index contributed by atoms with van der Waals surface area (Å²) in [5, 5.41) is 0. The molecule has 0 amide bonds. The standard InChI is InChI=1S/C19H17F4NO2/c1-3-17(2)9-25-16-13(17)8-14(18(10-26-18)19(21,22)23)24-15(16)11-4-6-12(20)7-5-11/h4-8H,3,9-10H2,1-2H3/t17-,18-/m0/s1. The fraction of sp³-hybridized carbons (Fsp3) is 0.421. The molecule has 7 heteroatoms. The fourth-order valence-corrected chi connectivity index (χ4v) is 3.27. The first-order valence-electron chi connectivity index (χ1n) is 8.36. The summed E-state index contributed by atoms with van der Waals surface area (Å²) in [6, 6.07) is 6.93. The molecule has 3 heterocycles. The third-order valence-electron chi connectivity index (χ3n) is 5.36. The van der Waals surface area contributed by atoms with E-state index in [1.165, 1.54) is 30.3 Å². The molecule has 2 atom stereocenters. The second kappa shape index (κ2) is 5.42. The van der Waals surface area contributed by atoms with E-state index in [-0.39, 0.29) is 11.4 Å². The number of ether oxygens (including phenoxy) is 2. The number of epoxide rings is 1. The van der Waals surface area contributed by atoms with Crippen molar-refractivity contribution >= 4 is 0 Å². The van der Waals surface area contributed by atoms with Gasteiger partial charge in [-0.15, -0.1) is 0 Å². The van der Waals surface area contributed by atoms with Crippen LogP contribution in [0.15, 0.2) is 30.3 Å². The quantitative estimate of drug-likeness (QED) is 0.581. The summed E-state index contributed by atoms with van der Waals surface area (Å²) in [6.45, 7) is 3.82. The highest BCUT2D eigenvalue weighted by atomic mass is 19.4. The first kappa shape index (κ1) is 17.3. The molecule has 1 aromatic heterocycles. The molecule has 2 aromatic rings. The summed E-state index contributed by atoms with van der Waals surface area (Å²) < 4.78 is 64.6. The molecule has 0 radical (unpaired) electrons. The van der Waals surface area contributed by atoms with Gasteiger partial charge in [0.15, 0.2) is 0 Å². The molecule has 1 fully saturated rings. The molecular formula is C19H17F4NO2. The molecule has 1 aromatic carbocycles. The monoisotopic (exact) mass is 367 g/mol. The topological polar surface area (TPSA) is 34.6 Å². The van der Waals surface area contributed by atoms with Crippen molar-refractivity contribution < 1.29 is 27.0 Å². The third kappa shape index (κ3) is 2.40. The lowest BCUT2D eigenvalue weighted by atomic mass is 9.81. The summed E-state index contributed by atoms with van der Waals surface area (Å²) in [6.07, 6.45) is -3.86. The van der Waals surface area contributed by atoms with Crippen LogP contribution in [0.1, 0.15) is 31.5 Å². The predicted octanol–water partition coefficient (Wildman–Crippen LogP) is 4.74. The van der Waals surface area contributed by atoms with Gasteiger partial charge in [-0.25, -0.2) is 9.37 Å². The van der Waals surface area contributed by atoms with Crippen molar-refractivity contribution in [2.24, 2.45) is 0 Å². The maximum absolute atomic E-state index is 13.5. The molecular weight excluding hydrogens is 350 g/mol. The lowest BCUT2D eigenvalue weighted by Crippen LogP contribution is -2.32. The van der Waals surface area contributed by atoms with E-state index in [4.69, 9.17) is 9.47 Å². The molecule has 26 heavy (non-hydrogen) atoms. The Morgan fingerprint density at radius 1 is 1.15 bits per heavy atom. The summed E-state index contributed by atoms with van der Waals surface area (Å²) in [4.78, 5) is 4.25. The summed E-state index contributed by atoms with van der Waals surface area (Å²) in [5.41, 5.74) is -1.48. The Morgan fingerprint density at radius 3 is 2.35 bits per heavy atom. The molecule has 2 aliphatic rings. The van der Waals surface area contributed by atoms with Gasteiger partial charge in [0.2, 0.25) is 5.60 Å². The van der Waals surface area contributed by atoms with Crippen molar-refractivity contribution in [3.05, 3.63) is 47.4 Å². The maximum Gasteiger partial charge on any atom is 0.425 e. The number of pyridine rings is 1. The van der Waals surface area contributed by atoms with Crippen molar-refractivity contribution in [2.75, 3.05) is 13.2 Å². The molecule has 4 rings (SSSR count). The van der Waals surface area contributed by atoms with Crippen molar-refractivity contribution in [1.82, 2.24) is 4.98 Å². The van der Waals surface area contributed by atoms with Gasteiger partial charge in [0.05, 0.1) is 18.9 Å². The SMILES string of the molecule is CC[C@@]1(C)COc2c1cc([C@]1(C(F)(F)F)CO1)nc2-c1ccc(F)cc1. The van der Waals surface area contributed by atoms with Gasteiger partial charge in [-0.3, -0.25) is 0 Å². The van der Waals surface area contributed by atoms with E-state index in [0.29, 0.717) is 29.9 Å². The van der Waals surface area contributed by atoms with Gasteiger partial charge in [0, 0.05) is 16.5 Å². The molecule has 0 N–H and O–H groups in total. The van der Waals surface area contributed by atoms with Gasteiger partial charge in [0.1, 0.15) is 17.3 Å². The van der Waals surface area contributed by atoms with Crippen LogP contribution in [0, 0.1) is 5.82 Å². The highest BCUT2D eigenvalue weighted by molar-refractivity contribution is 5.71. The zero-order valence-electron chi connectivity index (χ0n) is 14.3. The molecule has 0 spiro atoms. The molecule has 3 nitrogen and oxygen atoms in total. The van der Waals surface area contributed by atoms with Gasteiger partial charge >= 0.3 is 6.18 Å². The van der Waals surface area contributed by atoms with E-state index >= 15 is 0 Å². The van der Waals surface area contributed by atoms with Crippen LogP contribution in [0.5, 0.6) is 5.75 Å². The molecule has 138 valence electrons. The Morgan fingerprint density at radius 2 is 1.81 bits per heavy atom. The van der Waals surface area contributed by atoms with Crippen LogP contribution in [0.3, 0.4) is 0 Å². The Hall–Kier alpha value is -2.15. The van der Waals surface area contributed by atoms with Crippen molar-refractivity contribution in [1.29, 1.82) is 0 Å². The van der Waals surface area contributed by atoms with Crippen LogP contribution in [0.4, 0.5) is 17.6 Å². The highest BCUT2D eigenvalue weighted by Gasteiger charge is 2.68. The minimum Gasteiger partial charge on any atom is -0.490 e. The smallest absolute Gasteiger partial charge is 0.425 e. The van der Waals surface area contributed by atoms with E-state index in [9.17, 15) is 17.6 Å². The number of halogens is 4. The average molecular weight is 367 g/mol. The van der Waals surface area contributed by atoms with Crippen molar-refractivity contribution in [2.45, 2.75) is 37.5 Å². The highest BCUT2D eigenvalue weighted by Crippen LogP contribution is 2.54. The first-order valence-corrected chi connectivity index (χ1v) is 8.36. The molecule has 2 aliphatic heterocycles. The van der Waals surface area contributed by atoms with Gasteiger partial charge in [-0.05, 0) is 36.8 Å². The van der Waals surface area contributed by atoms with Crippen molar-refractivity contribution in [3.63, 3.8) is 0 Å². The van der Waals surface area contributed by atoms with Crippen LogP contribution in [0.2, 0.25) is 0 Å². The lowest BCUT2D eigenvalue weighted by Gasteiger charge is -2.22. The average Bonchev–Trinajstić information content (AvgIpc) is 3.36. The molecule has 1 saturated heterocycles. The Kier molecular flexibility index (Phi) is 3.60. The zero-order chi connectivity index (χ0) is 18.7. The van der Waals surface area contributed by atoms with Crippen LogP contribution >= 0.6 is 0 Å². The van der Waals surface area contributed by atoms with Crippen LogP contribution in [0.25, 0.3) is 11.3 Å². The number of hydrogen-bond acceptors (Lipinski definition) is 3. The summed E-state index contributed by atoms with van der Waals surface area (Å²) in [7, 11) is 0. The zero-order valence-corrected chi connectivity index (χ0v) is 14.3. The van der Waals surface area contributed by atoms with Gasteiger partial charge in [0.25, 0.3) is 0 Å². The number of hydrogen-bond donors (Lipinski definition) is 0. The van der Waals surface area contributed by atoms with E-state index < -0.39 is 29.6 Å². The van der Waals surface area contributed by atoms with Gasteiger partial charge < -0.3 is 9.47 Å². The molecule has 0 saturated carbocycles. The third-order valence-corrected chi connectivity index (χ3v) is 5.36. The number of rotatable bonds is 3. The Bertz CT molecular complexity index is 859. The minimum absolute atomic E-state index is 0.173. The van der Waals surface area contributed by atoms with E-state index in [2.05, 4.69) is 4.98 Å². The minimum atomic E-state index is -4.56. The largest absolute Gasteiger partial charge is 0.490 e. The van der Waals surface area contributed by atoms with E-state index in [1.807, 2.05) is 13.8 Å². The molecule has 0 bridgehead atoms. The van der Waals surface area contributed by atoms with E-state index in [1.54, 1.807) is 0 Å². The van der Waals surface area contributed by atoms with Gasteiger partial charge in [-0.2, -0.15) is 13.2 Å². The number of alkyl halides is 3. The Balaban J connectivity index is 1.95. The number of benzene rings is 1. The second-order valence-electron chi connectivity index (χ2n) is 7.06. The number of nitrogens with zero attached hydrogens (tertiary/aromatic N) is 1. The predicted molar refractivity (Wildman–Crippen MR) is 86.5 cm³/mol. The molecule has 0 unspecified atom stereocenters. The number of aromatic nitrogens is 1. The maximum atomic E-state index is 13.5. The molecule has 0 aliphatic carbocycles.